The second-order valence-corrected chi connectivity index (χ2v) is 5.98. The van der Waals surface area contributed by atoms with Crippen molar-refractivity contribution in [3.8, 4) is 0 Å². The van der Waals surface area contributed by atoms with Crippen molar-refractivity contribution >= 4 is 22.6 Å². The van der Waals surface area contributed by atoms with E-state index in [0.717, 1.165) is 23.2 Å². The average molecular weight is 248 g/mol. The highest BCUT2D eigenvalue weighted by Crippen LogP contribution is 2.22. The lowest BCUT2D eigenvalue weighted by Crippen LogP contribution is -2.18. The van der Waals surface area contributed by atoms with E-state index in [-0.39, 0.29) is 0 Å². The summed E-state index contributed by atoms with van der Waals surface area (Å²) < 4.78 is 0. The number of nitrogens with one attached hydrogen (secondary N) is 1. The number of benzene rings is 1. The number of rotatable bonds is 2. The summed E-state index contributed by atoms with van der Waals surface area (Å²) in [4.78, 5) is 4.55. The molecule has 1 N–H and O–H groups in total. The van der Waals surface area contributed by atoms with Crippen LogP contribution in [0.2, 0.25) is 0 Å². The molecule has 0 spiro atoms. The van der Waals surface area contributed by atoms with E-state index in [4.69, 9.17) is 0 Å². The summed E-state index contributed by atoms with van der Waals surface area (Å²) in [6.07, 6.45) is 0. The fourth-order valence-corrected chi connectivity index (χ4v) is 2.64. The molecule has 0 aliphatic carbocycles. The number of hydrogen-bond donors (Lipinski definition) is 1. The molecule has 2 rings (SSSR count). The molecule has 0 radical (unpaired) electrons. The van der Waals surface area contributed by atoms with E-state index in [1.54, 1.807) is 0 Å². The molecule has 0 fully saturated rings. The summed E-state index contributed by atoms with van der Waals surface area (Å²) in [6, 6.07) is 8.60. The zero-order chi connectivity index (χ0) is 12.3. The predicted octanol–water partition coefficient (Wildman–Crippen LogP) is 3.96. The van der Waals surface area contributed by atoms with Gasteiger partial charge in [0.2, 0.25) is 0 Å². The number of amidine groups is 1. The van der Waals surface area contributed by atoms with Crippen molar-refractivity contribution in [2.45, 2.75) is 26.7 Å². The minimum atomic E-state index is 0.567. The normalized spacial score (nSPS) is 20.2. The fourth-order valence-electron chi connectivity index (χ4n) is 1.73. The fraction of sp³-hybridized carbons (Fsp3) is 0.500. The first-order valence-electron chi connectivity index (χ1n) is 6.19. The standard InChI is InChI=1S/C14H20N2S/c1-10(2)12-5-4-6-13(7-12)16-14-15-8-11(3)9-17-14/h4-7,10-11H,8-9H2,1-3H3,(H,15,16). The molecule has 1 aromatic carbocycles. The Bertz CT molecular complexity index is 412. The lowest BCUT2D eigenvalue weighted by molar-refractivity contribution is 0.674. The summed E-state index contributed by atoms with van der Waals surface area (Å²) in [5.41, 5.74) is 2.52. The Balaban J connectivity index is 2.06. The van der Waals surface area contributed by atoms with Gasteiger partial charge in [-0.05, 0) is 29.5 Å². The second kappa shape index (κ2) is 5.58. The van der Waals surface area contributed by atoms with E-state index in [9.17, 15) is 0 Å². The molecular weight excluding hydrogens is 228 g/mol. The van der Waals surface area contributed by atoms with Crippen molar-refractivity contribution in [3.63, 3.8) is 0 Å². The topological polar surface area (TPSA) is 24.4 Å². The Morgan fingerprint density at radius 1 is 1.41 bits per heavy atom. The summed E-state index contributed by atoms with van der Waals surface area (Å²) in [6.45, 7) is 7.62. The molecule has 92 valence electrons. The molecule has 1 aliphatic heterocycles. The van der Waals surface area contributed by atoms with Gasteiger partial charge < -0.3 is 5.32 Å². The third-order valence-electron chi connectivity index (χ3n) is 2.86. The second-order valence-electron chi connectivity index (χ2n) is 4.97. The molecule has 1 aliphatic rings. The van der Waals surface area contributed by atoms with Crippen LogP contribution in [0.1, 0.15) is 32.3 Å². The highest BCUT2D eigenvalue weighted by molar-refractivity contribution is 8.14. The molecule has 0 amide bonds. The maximum Gasteiger partial charge on any atom is 0.161 e. The molecule has 1 heterocycles. The zero-order valence-corrected chi connectivity index (χ0v) is 11.6. The zero-order valence-electron chi connectivity index (χ0n) is 10.7. The number of thioether (sulfide) groups is 1. The van der Waals surface area contributed by atoms with Crippen LogP contribution in [0.5, 0.6) is 0 Å². The lowest BCUT2D eigenvalue weighted by Gasteiger charge is -2.18. The number of nitrogens with zero attached hydrogens (tertiary/aromatic N) is 1. The van der Waals surface area contributed by atoms with Crippen LogP contribution < -0.4 is 5.32 Å². The first-order chi connectivity index (χ1) is 8.15. The molecule has 0 saturated carbocycles. The molecule has 1 aromatic rings. The predicted molar refractivity (Wildman–Crippen MR) is 78.1 cm³/mol. The van der Waals surface area contributed by atoms with Crippen LogP contribution in [-0.4, -0.2) is 17.5 Å². The van der Waals surface area contributed by atoms with Crippen LogP contribution in [0.4, 0.5) is 5.69 Å². The Labute approximate surface area is 108 Å². The average Bonchev–Trinajstić information content (AvgIpc) is 2.32. The maximum absolute atomic E-state index is 4.55. The van der Waals surface area contributed by atoms with Crippen molar-refractivity contribution in [1.29, 1.82) is 0 Å². The third kappa shape index (κ3) is 3.50. The van der Waals surface area contributed by atoms with Gasteiger partial charge in [0.25, 0.3) is 0 Å². The van der Waals surface area contributed by atoms with Gasteiger partial charge in [-0.1, -0.05) is 44.7 Å². The Morgan fingerprint density at radius 3 is 2.88 bits per heavy atom. The number of hydrogen-bond acceptors (Lipinski definition) is 3. The first kappa shape index (κ1) is 12.5. The third-order valence-corrected chi connectivity index (χ3v) is 4.10. The number of aliphatic imine (C=N–C) groups is 1. The Kier molecular flexibility index (Phi) is 4.11. The highest BCUT2D eigenvalue weighted by Gasteiger charge is 2.12. The molecule has 2 nitrogen and oxygen atoms in total. The lowest BCUT2D eigenvalue weighted by atomic mass is 10.0. The minimum absolute atomic E-state index is 0.567. The van der Waals surface area contributed by atoms with Crippen molar-refractivity contribution in [2.24, 2.45) is 10.9 Å². The van der Waals surface area contributed by atoms with Gasteiger partial charge in [-0.15, -0.1) is 0 Å². The van der Waals surface area contributed by atoms with E-state index in [0.29, 0.717) is 11.8 Å². The van der Waals surface area contributed by atoms with Gasteiger partial charge >= 0.3 is 0 Å². The van der Waals surface area contributed by atoms with Gasteiger partial charge in [0.1, 0.15) is 0 Å². The first-order valence-corrected chi connectivity index (χ1v) is 7.18. The van der Waals surface area contributed by atoms with Gasteiger partial charge in [0.15, 0.2) is 5.17 Å². The molecule has 0 bridgehead atoms. The minimum Gasteiger partial charge on any atom is -0.335 e. The molecule has 0 saturated heterocycles. The van der Waals surface area contributed by atoms with E-state index >= 15 is 0 Å². The summed E-state index contributed by atoms with van der Waals surface area (Å²) in [5, 5.41) is 4.47. The van der Waals surface area contributed by atoms with Gasteiger partial charge in [-0.3, -0.25) is 4.99 Å². The van der Waals surface area contributed by atoms with Crippen LogP contribution in [0, 0.1) is 5.92 Å². The monoisotopic (exact) mass is 248 g/mol. The van der Waals surface area contributed by atoms with Gasteiger partial charge in [-0.25, -0.2) is 0 Å². The summed E-state index contributed by atoms with van der Waals surface area (Å²) in [7, 11) is 0. The quantitative estimate of drug-likeness (QED) is 0.856. The Morgan fingerprint density at radius 2 is 2.24 bits per heavy atom. The Hall–Kier alpha value is -0.960. The van der Waals surface area contributed by atoms with E-state index < -0.39 is 0 Å². The molecule has 1 atom stereocenters. The van der Waals surface area contributed by atoms with Gasteiger partial charge in [0, 0.05) is 18.0 Å². The number of anilines is 1. The van der Waals surface area contributed by atoms with Crippen LogP contribution in [0.15, 0.2) is 29.3 Å². The molecular formula is C14H20N2S. The summed E-state index contributed by atoms with van der Waals surface area (Å²) >= 11 is 1.82. The van der Waals surface area contributed by atoms with Crippen molar-refractivity contribution < 1.29 is 0 Å². The van der Waals surface area contributed by atoms with Crippen LogP contribution in [-0.2, 0) is 0 Å². The van der Waals surface area contributed by atoms with E-state index in [1.165, 1.54) is 5.56 Å². The van der Waals surface area contributed by atoms with Gasteiger partial charge in [-0.2, -0.15) is 0 Å². The van der Waals surface area contributed by atoms with Crippen molar-refractivity contribution in [1.82, 2.24) is 0 Å². The molecule has 1 unspecified atom stereocenters. The summed E-state index contributed by atoms with van der Waals surface area (Å²) in [5.74, 6) is 2.43. The van der Waals surface area contributed by atoms with Crippen LogP contribution in [0.25, 0.3) is 0 Å². The molecule has 0 aromatic heterocycles. The van der Waals surface area contributed by atoms with E-state index in [1.807, 2.05) is 11.8 Å². The smallest absolute Gasteiger partial charge is 0.161 e. The van der Waals surface area contributed by atoms with E-state index in [2.05, 4.69) is 55.3 Å². The highest BCUT2D eigenvalue weighted by atomic mass is 32.2. The molecule has 3 heteroatoms. The van der Waals surface area contributed by atoms with Crippen LogP contribution >= 0.6 is 11.8 Å². The van der Waals surface area contributed by atoms with Crippen molar-refractivity contribution in [3.05, 3.63) is 29.8 Å². The maximum atomic E-state index is 4.55. The van der Waals surface area contributed by atoms with Crippen LogP contribution in [0.3, 0.4) is 0 Å². The van der Waals surface area contributed by atoms with Crippen molar-refractivity contribution in [2.75, 3.05) is 17.6 Å². The van der Waals surface area contributed by atoms with Gasteiger partial charge in [0.05, 0.1) is 0 Å². The largest absolute Gasteiger partial charge is 0.335 e. The SMILES string of the molecule is CC1CN=C(Nc2cccc(C(C)C)c2)SC1. The molecule has 17 heavy (non-hydrogen) atoms.